The second-order valence-electron chi connectivity index (χ2n) is 4.17. The summed E-state index contributed by atoms with van der Waals surface area (Å²) in [6, 6.07) is 6.82. The van der Waals surface area contributed by atoms with Gasteiger partial charge in [0.05, 0.1) is 24.5 Å². The van der Waals surface area contributed by atoms with Crippen LogP contribution in [0.3, 0.4) is 0 Å². The number of hydrogen-bond donors (Lipinski definition) is 1. The molecule has 0 fully saturated rings. The number of para-hydroxylation sites is 1. The molecule has 0 aliphatic carbocycles. The topological polar surface area (TPSA) is 81.5 Å². The third kappa shape index (κ3) is 1.91. The molecule has 6 nitrogen and oxygen atoms in total. The summed E-state index contributed by atoms with van der Waals surface area (Å²) >= 11 is 0. The van der Waals surface area contributed by atoms with Gasteiger partial charge in [0.2, 0.25) is 5.82 Å². The fourth-order valence-corrected chi connectivity index (χ4v) is 1.92. The maximum Gasteiger partial charge on any atom is 0.262 e. The van der Waals surface area contributed by atoms with Crippen molar-refractivity contribution >= 4 is 0 Å². The summed E-state index contributed by atoms with van der Waals surface area (Å²) in [5.41, 5.74) is 1.17. The van der Waals surface area contributed by atoms with E-state index in [0.29, 0.717) is 22.9 Å². The van der Waals surface area contributed by atoms with E-state index in [1.54, 1.807) is 30.5 Å². The second-order valence-corrected chi connectivity index (χ2v) is 4.17. The predicted octanol–water partition coefficient (Wildman–Crippen LogP) is 3.02. The lowest BCUT2D eigenvalue weighted by atomic mass is 10.2. The number of aromatic nitrogens is 2. The molecule has 0 atom stereocenters. The molecule has 2 aromatic heterocycles. The molecule has 1 aromatic carbocycles. The fraction of sp³-hybridized carbons (Fsp3) is 0.143. The summed E-state index contributed by atoms with van der Waals surface area (Å²) in [5.74, 6) is 1.65. The average molecular weight is 272 g/mol. The molecule has 2 heterocycles. The van der Waals surface area contributed by atoms with Gasteiger partial charge in [-0.3, -0.25) is 0 Å². The van der Waals surface area contributed by atoms with Crippen molar-refractivity contribution in [2.24, 2.45) is 0 Å². The largest absolute Gasteiger partial charge is 0.504 e. The number of methoxy groups -OCH3 is 1. The van der Waals surface area contributed by atoms with Gasteiger partial charge in [-0.1, -0.05) is 11.2 Å². The quantitative estimate of drug-likeness (QED) is 0.789. The third-order valence-electron chi connectivity index (χ3n) is 2.98. The molecule has 0 aliphatic heterocycles. The van der Waals surface area contributed by atoms with Crippen molar-refractivity contribution in [3.05, 3.63) is 36.3 Å². The Bertz CT molecular complexity index is 745. The monoisotopic (exact) mass is 272 g/mol. The zero-order chi connectivity index (χ0) is 14.1. The highest BCUT2D eigenvalue weighted by Gasteiger charge is 2.18. The van der Waals surface area contributed by atoms with Crippen LogP contribution in [-0.4, -0.2) is 22.4 Å². The Balaban J connectivity index is 2.05. The number of benzene rings is 1. The average Bonchev–Trinajstić information content (AvgIpc) is 3.07. The van der Waals surface area contributed by atoms with E-state index in [1.807, 2.05) is 6.92 Å². The summed E-state index contributed by atoms with van der Waals surface area (Å²) in [6.45, 7) is 1.81. The molecule has 1 N–H and O–H groups in total. The fourth-order valence-electron chi connectivity index (χ4n) is 1.92. The van der Waals surface area contributed by atoms with Crippen LogP contribution in [0.1, 0.15) is 5.76 Å². The molecule has 6 heteroatoms. The molecular weight excluding hydrogens is 260 g/mol. The molecule has 0 saturated carbocycles. The standard InChI is InChI=1S/C14H12N2O4/c1-8-9(6-7-19-8)13-15-14(20-16-13)10-4-3-5-11(18-2)12(10)17/h3-7,17H,1-2H3. The lowest BCUT2D eigenvalue weighted by Crippen LogP contribution is -1.86. The highest BCUT2D eigenvalue weighted by Crippen LogP contribution is 2.36. The third-order valence-corrected chi connectivity index (χ3v) is 2.98. The molecule has 3 aromatic rings. The van der Waals surface area contributed by atoms with E-state index in [9.17, 15) is 5.11 Å². The minimum atomic E-state index is -0.0332. The molecule has 3 rings (SSSR count). The highest BCUT2D eigenvalue weighted by molar-refractivity contribution is 5.68. The molecular formula is C14H12N2O4. The van der Waals surface area contributed by atoms with E-state index in [4.69, 9.17) is 13.7 Å². The smallest absolute Gasteiger partial charge is 0.262 e. The molecule has 20 heavy (non-hydrogen) atoms. The molecule has 102 valence electrons. The first kappa shape index (κ1) is 12.3. The summed E-state index contributed by atoms with van der Waals surface area (Å²) in [7, 11) is 1.48. The molecule has 0 amide bonds. The Labute approximate surface area is 114 Å². The Morgan fingerprint density at radius 2 is 2.05 bits per heavy atom. The van der Waals surface area contributed by atoms with Crippen molar-refractivity contribution in [3.8, 4) is 34.3 Å². The Hall–Kier alpha value is -2.76. The maximum absolute atomic E-state index is 10.1. The van der Waals surface area contributed by atoms with Crippen LogP contribution in [0.15, 0.2) is 39.5 Å². The van der Waals surface area contributed by atoms with Gasteiger partial charge in [-0.25, -0.2) is 0 Å². The van der Waals surface area contributed by atoms with Crippen LogP contribution in [-0.2, 0) is 0 Å². The Morgan fingerprint density at radius 1 is 1.20 bits per heavy atom. The van der Waals surface area contributed by atoms with E-state index in [-0.39, 0.29) is 11.6 Å². The van der Waals surface area contributed by atoms with Gasteiger partial charge in [0.1, 0.15) is 5.76 Å². The van der Waals surface area contributed by atoms with E-state index < -0.39 is 0 Å². The Kier molecular flexibility index (Phi) is 2.90. The Morgan fingerprint density at radius 3 is 2.75 bits per heavy atom. The van der Waals surface area contributed by atoms with Crippen molar-refractivity contribution in [2.45, 2.75) is 6.92 Å². The summed E-state index contributed by atoms with van der Waals surface area (Å²) < 4.78 is 15.4. The number of ether oxygens (including phenoxy) is 1. The summed E-state index contributed by atoms with van der Waals surface area (Å²) in [6.07, 6.45) is 1.56. The van der Waals surface area contributed by atoms with Gasteiger partial charge in [0.25, 0.3) is 5.89 Å². The van der Waals surface area contributed by atoms with E-state index >= 15 is 0 Å². The SMILES string of the molecule is COc1cccc(-c2nc(-c3ccoc3C)no2)c1O. The normalized spacial score (nSPS) is 10.7. The molecule has 0 bridgehead atoms. The number of phenolic OH excluding ortho intramolecular Hbond substituents is 1. The van der Waals surface area contributed by atoms with Crippen LogP contribution < -0.4 is 4.74 Å². The maximum atomic E-state index is 10.1. The molecule has 0 radical (unpaired) electrons. The van der Waals surface area contributed by atoms with Gasteiger partial charge >= 0.3 is 0 Å². The van der Waals surface area contributed by atoms with E-state index in [1.165, 1.54) is 7.11 Å². The van der Waals surface area contributed by atoms with E-state index in [0.717, 1.165) is 5.56 Å². The number of phenols is 1. The van der Waals surface area contributed by atoms with Crippen molar-refractivity contribution in [1.82, 2.24) is 10.1 Å². The van der Waals surface area contributed by atoms with Gasteiger partial charge in [-0.15, -0.1) is 0 Å². The van der Waals surface area contributed by atoms with Crippen LogP contribution in [0.4, 0.5) is 0 Å². The van der Waals surface area contributed by atoms with Crippen LogP contribution in [0.2, 0.25) is 0 Å². The number of nitrogens with zero attached hydrogens (tertiary/aromatic N) is 2. The van der Waals surface area contributed by atoms with Crippen LogP contribution in [0.5, 0.6) is 11.5 Å². The first-order chi connectivity index (χ1) is 9.70. The first-order valence-electron chi connectivity index (χ1n) is 5.95. The van der Waals surface area contributed by atoms with Gasteiger partial charge in [0, 0.05) is 0 Å². The summed E-state index contributed by atoms with van der Waals surface area (Å²) in [5, 5.41) is 14.0. The zero-order valence-corrected chi connectivity index (χ0v) is 11.0. The second kappa shape index (κ2) is 4.73. The first-order valence-corrected chi connectivity index (χ1v) is 5.95. The molecule has 0 unspecified atom stereocenters. The van der Waals surface area contributed by atoms with Crippen molar-refractivity contribution in [1.29, 1.82) is 0 Å². The number of aryl methyl sites for hydroxylation is 1. The van der Waals surface area contributed by atoms with Gasteiger partial charge in [-0.05, 0) is 25.1 Å². The van der Waals surface area contributed by atoms with Crippen molar-refractivity contribution < 1.29 is 18.8 Å². The minimum absolute atomic E-state index is 0.0332. The lowest BCUT2D eigenvalue weighted by Gasteiger charge is -2.04. The van der Waals surface area contributed by atoms with Gasteiger partial charge < -0.3 is 18.8 Å². The van der Waals surface area contributed by atoms with Gasteiger partial charge in [-0.2, -0.15) is 4.98 Å². The number of aromatic hydroxyl groups is 1. The number of furan rings is 1. The molecule has 0 spiro atoms. The number of rotatable bonds is 3. The number of hydrogen-bond acceptors (Lipinski definition) is 6. The van der Waals surface area contributed by atoms with Crippen molar-refractivity contribution in [3.63, 3.8) is 0 Å². The molecule has 0 saturated heterocycles. The van der Waals surface area contributed by atoms with E-state index in [2.05, 4.69) is 10.1 Å². The van der Waals surface area contributed by atoms with Crippen LogP contribution in [0, 0.1) is 6.92 Å². The predicted molar refractivity (Wildman–Crippen MR) is 70.4 cm³/mol. The minimum Gasteiger partial charge on any atom is -0.504 e. The van der Waals surface area contributed by atoms with Gasteiger partial charge in [0.15, 0.2) is 11.5 Å². The summed E-state index contributed by atoms with van der Waals surface area (Å²) in [4.78, 5) is 4.27. The van der Waals surface area contributed by atoms with Crippen LogP contribution >= 0.6 is 0 Å². The van der Waals surface area contributed by atoms with Crippen molar-refractivity contribution in [2.75, 3.05) is 7.11 Å². The zero-order valence-electron chi connectivity index (χ0n) is 11.0. The molecule has 0 aliphatic rings. The van der Waals surface area contributed by atoms with Crippen LogP contribution in [0.25, 0.3) is 22.8 Å². The lowest BCUT2D eigenvalue weighted by molar-refractivity contribution is 0.371. The highest BCUT2D eigenvalue weighted by atomic mass is 16.5.